The van der Waals surface area contributed by atoms with E-state index >= 15 is 0 Å². The van der Waals surface area contributed by atoms with Crippen LogP contribution in [-0.2, 0) is 17.8 Å². The van der Waals surface area contributed by atoms with Crippen LogP contribution < -0.4 is 21.9 Å². The molecule has 0 aromatic heterocycles. The van der Waals surface area contributed by atoms with Gasteiger partial charge in [-0.05, 0) is 49.3 Å². The first-order valence-corrected chi connectivity index (χ1v) is 15.3. The Morgan fingerprint density at radius 2 is 1.18 bits per heavy atom. The number of fused-ring (bicyclic) bond motifs is 2. The van der Waals surface area contributed by atoms with Crippen LogP contribution in [0.1, 0.15) is 17.5 Å². The molecule has 2 aliphatic heterocycles. The first-order valence-electron chi connectivity index (χ1n) is 14.9. The number of halogens is 17. The van der Waals surface area contributed by atoms with Crippen LogP contribution in [0.2, 0.25) is 0 Å². The standard InChI is InChI=1S/C28H25F17N6O3S/c1-12-10-14-15(11-13(12)2)50(8-9-54-3)17-16(48-14)18(52)51(20(53)49-17)7-6-47-19(55)46-5-4-21(29,30)22(31,32)23(33,34)24(35,36)25(37,38)26(39,40)27(41,42)28(43,44)45/h10-11H,4-9H2,1-3H3,(H2,46,47,55). The molecule has 0 unspecified atom stereocenters. The minimum atomic E-state index is -8.72. The number of alkyl halides is 17. The maximum absolute atomic E-state index is 14.2. The molecule has 27 heteroatoms. The highest BCUT2D eigenvalue weighted by molar-refractivity contribution is 7.80. The van der Waals surface area contributed by atoms with Crippen LogP contribution in [0.4, 0.5) is 74.6 Å². The van der Waals surface area contributed by atoms with Gasteiger partial charge in [0, 0.05) is 39.7 Å². The maximum atomic E-state index is 14.2. The zero-order chi connectivity index (χ0) is 42.5. The molecule has 2 aliphatic rings. The third kappa shape index (κ3) is 7.48. The van der Waals surface area contributed by atoms with E-state index in [-0.39, 0.29) is 24.7 Å². The number of ether oxygens (including phenoxy) is 1. The van der Waals surface area contributed by atoms with E-state index in [1.165, 1.54) is 11.7 Å². The van der Waals surface area contributed by atoms with E-state index in [9.17, 15) is 84.2 Å². The number of benzene rings is 1. The van der Waals surface area contributed by atoms with Gasteiger partial charge in [0.1, 0.15) is 0 Å². The van der Waals surface area contributed by atoms with Gasteiger partial charge >= 0.3 is 53.3 Å². The van der Waals surface area contributed by atoms with E-state index in [0.29, 0.717) is 15.6 Å². The van der Waals surface area contributed by atoms with Gasteiger partial charge in [0.15, 0.2) is 16.6 Å². The SMILES string of the molecule is COCCn1c2nc(=O)n(CCNC(=S)NCCC(F)(F)C(F)(F)C(F)(F)C(F)(F)C(F)(F)C(F)(F)C(F)(F)C(F)(F)F)c(=O)c-2nc2cc(C)c(C)cc21. The van der Waals surface area contributed by atoms with Crippen molar-refractivity contribution in [1.29, 1.82) is 0 Å². The number of nitrogens with zero attached hydrogens (tertiary/aromatic N) is 4. The van der Waals surface area contributed by atoms with Gasteiger partial charge in [-0.1, -0.05) is 0 Å². The molecule has 2 N–H and O–H groups in total. The van der Waals surface area contributed by atoms with Crippen molar-refractivity contribution in [3.63, 3.8) is 0 Å². The molecule has 310 valence electrons. The molecule has 55 heavy (non-hydrogen) atoms. The smallest absolute Gasteiger partial charge is 0.383 e. The molecule has 0 fully saturated rings. The van der Waals surface area contributed by atoms with Crippen LogP contribution in [0.15, 0.2) is 21.7 Å². The first-order chi connectivity index (χ1) is 24.8. The molecule has 1 aromatic carbocycles. The molecule has 0 atom stereocenters. The Balaban J connectivity index is 1.76. The highest BCUT2D eigenvalue weighted by Crippen LogP contribution is 2.64. The lowest BCUT2D eigenvalue weighted by Crippen LogP contribution is -2.74. The molecular weight excluding hydrogens is 823 g/mol. The summed E-state index contributed by atoms with van der Waals surface area (Å²) in [5.74, 6) is -57.2. The summed E-state index contributed by atoms with van der Waals surface area (Å²) in [4.78, 5) is 34.3. The fourth-order valence-electron chi connectivity index (χ4n) is 4.76. The van der Waals surface area contributed by atoms with Crippen molar-refractivity contribution in [1.82, 2.24) is 29.7 Å². The highest BCUT2D eigenvalue weighted by atomic mass is 32.1. The van der Waals surface area contributed by atoms with Crippen LogP contribution in [0.25, 0.3) is 22.6 Å². The number of methoxy groups -OCH3 is 1. The molecule has 0 bridgehead atoms. The Bertz CT molecular complexity index is 2000. The van der Waals surface area contributed by atoms with Gasteiger partial charge in [-0.15, -0.1) is 0 Å². The van der Waals surface area contributed by atoms with Gasteiger partial charge in [-0.25, -0.2) is 9.78 Å². The van der Waals surface area contributed by atoms with E-state index in [1.807, 2.05) is 0 Å². The number of aryl methyl sites for hydroxylation is 2. The number of nitrogens with one attached hydrogen (secondary N) is 2. The second-order valence-corrected chi connectivity index (χ2v) is 12.2. The number of rotatable bonds is 15. The molecule has 0 amide bonds. The monoisotopic (exact) mass is 848 g/mol. The molecule has 1 aromatic rings. The van der Waals surface area contributed by atoms with Crippen molar-refractivity contribution < 1.29 is 79.4 Å². The number of hydrogen-bond donors (Lipinski definition) is 2. The summed E-state index contributed by atoms with van der Waals surface area (Å²) < 4.78 is 236. The summed E-state index contributed by atoms with van der Waals surface area (Å²) in [7, 11) is 1.40. The van der Waals surface area contributed by atoms with Gasteiger partial charge in [0.2, 0.25) is 0 Å². The molecule has 0 saturated heterocycles. The summed E-state index contributed by atoms with van der Waals surface area (Å²) in [5, 5.41) is 3.00. The minimum absolute atomic E-state index is 0.123. The molecule has 0 radical (unpaired) electrons. The average Bonchev–Trinajstić information content (AvgIpc) is 3.04. The minimum Gasteiger partial charge on any atom is -0.383 e. The summed E-state index contributed by atoms with van der Waals surface area (Å²) >= 11 is 4.64. The Morgan fingerprint density at radius 1 is 0.691 bits per heavy atom. The highest BCUT2D eigenvalue weighted by Gasteiger charge is 2.95. The lowest BCUT2D eigenvalue weighted by Gasteiger charge is -2.42. The Kier molecular flexibility index (Phi) is 12.2. The molecule has 2 heterocycles. The van der Waals surface area contributed by atoms with Gasteiger partial charge in [0.25, 0.3) is 5.56 Å². The number of aromatic nitrogens is 4. The topological polar surface area (TPSA) is 103 Å². The van der Waals surface area contributed by atoms with Crippen LogP contribution in [0.3, 0.4) is 0 Å². The second-order valence-electron chi connectivity index (χ2n) is 11.8. The van der Waals surface area contributed by atoms with Crippen LogP contribution >= 0.6 is 12.2 Å². The van der Waals surface area contributed by atoms with E-state index in [2.05, 4.69) is 27.5 Å². The molecule has 0 aliphatic carbocycles. The van der Waals surface area contributed by atoms with Crippen molar-refractivity contribution >= 4 is 28.4 Å². The Morgan fingerprint density at radius 3 is 1.71 bits per heavy atom. The Hall–Kier alpha value is -4.04. The van der Waals surface area contributed by atoms with Crippen molar-refractivity contribution in [2.24, 2.45) is 0 Å². The quantitative estimate of drug-likeness (QED) is 0.106. The van der Waals surface area contributed by atoms with Crippen molar-refractivity contribution in [2.45, 2.75) is 81.0 Å². The summed E-state index contributed by atoms with van der Waals surface area (Å²) in [6, 6.07) is 3.40. The molecule has 3 rings (SSSR count). The van der Waals surface area contributed by atoms with E-state index in [4.69, 9.17) is 4.74 Å². The average molecular weight is 849 g/mol. The van der Waals surface area contributed by atoms with Crippen LogP contribution in [0.5, 0.6) is 0 Å². The fourth-order valence-corrected chi connectivity index (χ4v) is 4.97. The van der Waals surface area contributed by atoms with Gasteiger partial charge in [-0.2, -0.15) is 79.6 Å². The number of hydrogen-bond acceptors (Lipinski definition) is 6. The zero-order valence-electron chi connectivity index (χ0n) is 27.7. The lowest BCUT2D eigenvalue weighted by atomic mass is 9.88. The molecular formula is C28H25F17N6O3S. The van der Waals surface area contributed by atoms with Crippen molar-refractivity contribution in [3.05, 3.63) is 44.1 Å². The normalized spacial score (nSPS) is 14.2. The molecule has 9 nitrogen and oxygen atoms in total. The van der Waals surface area contributed by atoms with Crippen LogP contribution in [0, 0.1) is 13.8 Å². The summed E-state index contributed by atoms with van der Waals surface area (Å²) in [6.45, 7) is 0.927. The second kappa shape index (κ2) is 14.8. The number of thiocarbonyl (C=S) groups is 1. The van der Waals surface area contributed by atoms with E-state index in [0.717, 1.165) is 11.1 Å². The predicted molar refractivity (Wildman–Crippen MR) is 160 cm³/mol. The lowest BCUT2D eigenvalue weighted by molar-refractivity contribution is -0.461. The van der Waals surface area contributed by atoms with Crippen molar-refractivity contribution in [2.75, 3.05) is 26.8 Å². The fraction of sp³-hybridized carbons (Fsp3) is 0.607. The van der Waals surface area contributed by atoms with E-state index in [1.54, 1.807) is 31.3 Å². The zero-order valence-corrected chi connectivity index (χ0v) is 28.6. The van der Waals surface area contributed by atoms with Crippen molar-refractivity contribution in [3.8, 4) is 11.5 Å². The largest absolute Gasteiger partial charge is 0.460 e. The Labute approximate surface area is 301 Å². The van der Waals surface area contributed by atoms with Gasteiger partial charge < -0.3 is 19.9 Å². The molecule has 0 saturated carbocycles. The maximum Gasteiger partial charge on any atom is 0.460 e. The first kappa shape index (κ1) is 45.4. The molecule has 0 spiro atoms. The van der Waals surface area contributed by atoms with Gasteiger partial charge in [0.05, 0.1) is 17.6 Å². The third-order valence-corrected chi connectivity index (χ3v) is 8.40. The predicted octanol–water partition coefficient (Wildman–Crippen LogP) is 6.18. The van der Waals surface area contributed by atoms with Gasteiger partial charge in [-0.3, -0.25) is 9.36 Å². The van der Waals surface area contributed by atoms with E-state index < -0.39 is 90.1 Å². The summed E-state index contributed by atoms with van der Waals surface area (Å²) in [6.07, 6.45) is -10.6. The van der Waals surface area contributed by atoms with Crippen LogP contribution in [-0.4, -0.2) is 98.7 Å². The third-order valence-electron chi connectivity index (χ3n) is 8.11. The summed E-state index contributed by atoms with van der Waals surface area (Å²) in [5.41, 5.74) is 0.0781.